The molecular formula is C24H29N5O2. The maximum Gasteiger partial charge on any atom is 0.249 e. The monoisotopic (exact) mass is 419 g/mol. The highest BCUT2D eigenvalue weighted by Gasteiger charge is 2.41. The van der Waals surface area contributed by atoms with Crippen LogP contribution in [0.1, 0.15) is 51.5 Å². The Hall–Kier alpha value is -3.27. The van der Waals surface area contributed by atoms with Crippen molar-refractivity contribution in [3.05, 3.63) is 30.0 Å². The number of benzene rings is 1. The summed E-state index contributed by atoms with van der Waals surface area (Å²) < 4.78 is 5.54. The predicted molar refractivity (Wildman–Crippen MR) is 123 cm³/mol. The first-order chi connectivity index (χ1) is 15.1. The molecule has 7 nitrogen and oxygen atoms in total. The number of anilines is 4. The minimum atomic E-state index is -0.190. The van der Waals surface area contributed by atoms with Crippen molar-refractivity contribution in [1.82, 2.24) is 9.97 Å². The second-order valence-electron chi connectivity index (χ2n) is 7.98. The van der Waals surface area contributed by atoms with E-state index in [4.69, 9.17) is 9.72 Å². The largest absolute Gasteiger partial charge is 0.495 e. The van der Waals surface area contributed by atoms with Crippen molar-refractivity contribution in [2.75, 3.05) is 29.3 Å². The smallest absolute Gasteiger partial charge is 0.249 e. The molecule has 31 heavy (non-hydrogen) atoms. The van der Waals surface area contributed by atoms with E-state index in [9.17, 15) is 4.79 Å². The van der Waals surface area contributed by atoms with E-state index < -0.39 is 0 Å². The Balaban J connectivity index is 1.72. The molecule has 1 aromatic carbocycles. The van der Waals surface area contributed by atoms with E-state index >= 15 is 0 Å². The normalized spacial score (nSPS) is 18.5. The van der Waals surface area contributed by atoms with Crippen LogP contribution in [0, 0.1) is 11.8 Å². The Morgan fingerprint density at radius 2 is 2.06 bits per heavy atom. The fourth-order valence-electron chi connectivity index (χ4n) is 4.58. The molecule has 1 N–H and O–H groups in total. The van der Waals surface area contributed by atoms with E-state index in [0.717, 1.165) is 42.0 Å². The Bertz CT molecular complexity index is 1040. The Kier molecular flexibility index (Phi) is 5.99. The lowest BCUT2D eigenvalue weighted by Gasteiger charge is -2.43. The third-order valence-corrected chi connectivity index (χ3v) is 6.13. The summed E-state index contributed by atoms with van der Waals surface area (Å²) in [6, 6.07) is 5.89. The molecular weight excluding hydrogens is 390 g/mol. The van der Waals surface area contributed by atoms with Gasteiger partial charge in [0.1, 0.15) is 17.5 Å². The van der Waals surface area contributed by atoms with E-state index in [1.165, 1.54) is 12.8 Å². The molecule has 1 aromatic heterocycles. The number of hydrogen-bond acceptors (Lipinski definition) is 6. The summed E-state index contributed by atoms with van der Waals surface area (Å²) in [4.78, 5) is 26.3. The first kappa shape index (κ1) is 21.0. The van der Waals surface area contributed by atoms with Crippen molar-refractivity contribution >= 4 is 29.0 Å². The highest BCUT2D eigenvalue weighted by atomic mass is 16.5. The number of fused-ring (bicyclic) bond motifs is 1. The zero-order valence-corrected chi connectivity index (χ0v) is 18.6. The van der Waals surface area contributed by atoms with Gasteiger partial charge < -0.3 is 19.9 Å². The Morgan fingerprint density at radius 1 is 1.29 bits per heavy atom. The van der Waals surface area contributed by atoms with Gasteiger partial charge in [-0.05, 0) is 44.4 Å². The number of likely N-dealkylation sites (N-methyl/N-ethyl adjacent to an activating group) is 1. The predicted octanol–water partition coefficient (Wildman–Crippen LogP) is 4.10. The molecule has 2 aromatic rings. The molecule has 7 heteroatoms. The molecule has 0 saturated heterocycles. The van der Waals surface area contributed by atoms with Gasteiger partial charge in [-0.25, -0.2) is 4.98 Å². The summed E-state index contributed by atoms with van der Waals surface area (Å²) in [7, 11) is 3.44. The van der Waals surface area contributed by atoms with E-state index in [-0.39, 0.29) is 11.9 Å². The van der Waals surface area contributed by atoms with Gasteiger partial charge in [-0.15, -0.1) is 5.92 Å². The number of nitrogens with zero attached hydrogens (tertiary/aromatic N) is 4. The van der Waals surface area contributed by atoms with Gasteiger partial charge in [0, 0.05) is 18.7 Å². The number of aromatic nitrogens is 2. The van der Waals surface area contributed by atoms with Gasteiger partial charge in [0.15, 0.2) is 5.82 Å². The van der Waals surface area contributed by atoms with Gasteiger partial charge in [0.2, 0.25) is 11.9 Å². The zero-order valence-electron chi connectivity index (χ0n) is 18.6. The number of amides is 1. The van der Waals surface area contributed by atoms with Crippen LogP contribution >= 0.6 is 0 Å². The fraction of sp³-hybridized carbons (Fsp3) is 0.458. The third kappa shape index (κ3) is 3.90. The molecule has 0 spiro atoms. The topological polar surface area (TPSA) is 70.6 Å². The van der Waals surface area contributed by atoms with Crippen molar-refractivity contribution in [3.63, 3.8) is 0 Å². The lowest BCUT2D eigenvalue weighted by Crippen LogP contribution is -2.55. The maximum atomic E-state index is 13.0. The van der Waals surface area contributed by atoms with Crippen LogP contribution in [-0.4, -0.2) is 42.1 Å². The third-order valence-electron chi connectivity index (χ3n) is 6.13. The lowest BCUT2D eigenvalue weighted by molar-refractivity contribution is -0.120. The summed E-state index contributed by atoms with van der Waals surface area (Å²) in [6.45, 7) is 3.87. The van der Waals surface area contributed by atoms with Crippen LogP contribution in [0.15, 0.2) is 24.4 Å². The SMILES string of the molecule is CC#Cc1ccc(Nc2ncc3c(n2)N(C2CCCC2)[C@H](CC)C(=O)N3C)c(OC)c1. The van der Waals surface area contributed by atoms with Gasteiger partial charge in [0.25, 0.3) is 0 Å². The molecule has 162 valence electrons. The van der Waals surface area contributed by atoms with Crippen LogP contribution in [0.3, 0.4) is 0 Å². The maximum absolute atomic E-state index is 13.0. The molecule has 0 bridgehead atoms. The fourth-order valence-corrected chi connectivity index (χ4v) is 4.58. The molecule has 1 aliphatic heterocycles. The van der Waals surface area contributed by atoms with E-state index in [2.05, 4.69) is 34.0 Å². The zero-order chi connectivity index (χ0) is 22.0. The average molecular weight is 420 g/mol. The van der Waals surface area contributed by atoms with Crippen LogP contribution in [-0.2, 0) is 4.79 Å². The van der Waals surface area contributed by atoms with Crippen molar-refractivity contribution in [3.8, 4) is 17.6 Å². The summed E-state index contributed by atoms with van der Waals surface area (Å²) in [5.74, 6) is 8.03. The van der Waals surface area contributed by atoms with Gasteiger partial charge in [-0.1, -0.05) is 25.7 Å². The summed E-state index contributed by atoms with van der Waals surface area (Å²) in [6.07, 6.45) is 7.05. The van der Waals surface area contributed by atoms with Crippen LogP contribution < -0.4 is 19.9 Å². The van der Waals surface area contributed by atoms with Crippen LogP contribution in [0.25, 0.3) is 0 Å². The number of carbonyl (C=O) groups is 1. The number of carbonyl (C=O) groups excluding carboxylic acids is 1. The number of hydrogen-bond donors (Lipinski definition) is 1. The summed E-state index contributed by atoms with van der Waals surface area (Å²) >= 11 is 0. The van der Waals surface area contributed by atoms with Gasteiger partial charge in [0.05, 0.1) is 19.0 Å². The lowest BCUT2D eigenvalue weighted by atomic mass is 10.0. The average Bonchev–Trinajstić information content (AvgIpc) is 3.31. The summed E-state index contributed by atoms with van der Waals surface area (Å²) in [5.41, 5.74) is 2.41. The number of nitrogens with one attached hydrogen (secondary N) is 1. The van der Waals surface area contributed by atoms with Crippen molar-refractivity contribution in [2.24, 2.45) is 0 Å². The van der Waals surface area contributed by atoms with Crippen molar-refractivity contribution < 1.29 is 9.53 Å². The van der Waals surface area contributed by atoms with Gasteiger partial charge in [-0.2, -0.15) is 4.98 Å². The highest BCUT2D eigenvalue weighted by molar-refractivity contribution is 6.04. The minimum absolute atomic E-state index is 0.112. The molecule has 1 amide bonds. The Labute approximate surface area is 183 Å². The van der Waals surface area contributed by atoms with Gasteiger partial charge >= 0.3 is 0 Å². The number of methoxy groups -OCH3 is 1. The van der Waals surface area contributed by atoms with E-state index in [1.807, 2.05) is 25.2 Å². The Morgan fingerprint density at radius 3 is 2.74 bits per heavy atom. The molecule has 1 saturated carbocycles. The second-order valence-corrected chi connectivity index (χ2v) is 7.98. The number of ether oxygens (including phenoxy) is 1. The molecule has 2 heterocycles. The molecule has 4 rings (SSSR count). The summed E-state index contributed by atoms with van der Waals surface area (Å²) in [5, 5.41) is 3.29. The van der Waals surface area contributed by atoms with E-state index in [0.29, 0.717) is 17.7 Å². The van der Waals surface area contributed by atoms with Gasteiger partial charge in [-0.3, -0.25) is 4.79 Å². The molecule has 1 atom stereocenters. The second kappa shape index (κ2) is 8.84. The molecule has 1 fully saturated rings. The number of rotatable bonds is 5. The molecule has 2 aliphatic rings. The molecule has 0 radical (unpaired) electrons. The van der Waals surface area contributed by atoms with Crippen molar-refractivity contribution in [1.29, 1.82) is 0 Å². The van der Waals surface area contributed by atoms with E-state index in [1.54, 1.807) is 25.1 Å². The first-order valence-corrected chi connectivity index (χ1v) is 10.9. The minimum Gasteiger partial charge on any atom is -0.495 e. The van der Waals surface area contributed by atoms with Crippen LogP contribution in [0.2, 0.25) is 0 Å². The highest BCUT2D eigenvalue weighted by Crippen LogP contribution is 2.40. The standard InChI is InChI=1S/C24H29N5O2/c1-5-9-16-12-13-18(21(14-16)31-4)26-24-25-15-20-22(27-24)29(17-10-7-8-11-17)19(6-2)23(30)28(20)3/h12-15,17,19H,6-8,10-11H2,1-4H3,(H,25,26,27)/t19-/m1/s1. The van der Waals surface area contributed by atoms with Crippen LogP contribution in [0.5, 0.6) is 5.75 Å². The quantitative estimate of drug-likeness (QED) is 0.736. The molecule has 0 unspecified atom stereocenters. The van der Waals surface area contributed by atoms with Crippen LogP contribution in [0.4, 0.5) is 23.1 Å². The first-order valence-electron chi connectivity index (χ1n) is 10.9. The molecule has 1 aliphatic carbocycles. The van der Waals surface area contributed by atoms with Crippen molar-refractivity contribution in [2.45, 2.75) is 58.0 Å².